The highest BCUT2D eigenvalue weighted by Crippen LogP contribution is 2.36. The van der Waals surface area contributed by atoms with Gasteiger partial charge in [-0.2, -0.15) is 13.2 Å². The second kappa shape index (κ2) is 9.70. The van der Waals surface area contributed by atoms with Gasteiger partial charge in [-0.15, -0.1) is 0 Å². The molecule has 3 rings (SSSR count). The molecule has 2 aromatic carbocycles. The van der Waals surface area contributed by atoms with Crippen molar-refractivity contribution in [3.8, 4) is 0 Å². The molecule has 1 aliphatic rings. The summed E-state index contributed by atoms with van der Waals surface area (Å²) < 4.78 is 39.0. The van der Waals surface area contributed by atoms with Crippen LogP contribution in [0.3, 0.4) is 0 Å². The second-order valence-corrected chi connectivity index (χ2v) is 7.97. The Balaban J connectivity index is 1.60. The number of aliphatic carboxylic acids is 1. The van der Waals surface area contributed by atoms with E-state index in [1.54, 1.807) is 18.2 Å². The first-order chi connectivity index (χ1) is 14.6. The molecule has 1 fully saturated rings. The molecule has 1 saturated heterocycles. The van der Waals surface area contributed by atoms with Gasteiger partial charge in [0.1, 0.15) is 0 Å². The first kappa shape index (κ1) is 23.1. The van der Waals surface area contributed by atoms with Crippen LogP contribution < -0.4 is 5.32 Å². The largest absolute Gasteiger partial charge is 0.481 e. The van der Waals surface area contributed by atoms with E-state index in [2.05, 4.69) is 10.2 Å². The van der Waals surface area contributed by atoms with E-state index in [0.717, 1.165) is 11.6 Å². The number of piperidine rings is 1. The van der Waals surface area contributed by atoms with Crippen LogP contribution in [0.1, 0.15) is 29.5 Å². The summed E-state index contributed by atoms with van der Waals surface area (Å²) in [5.74, 6) is -1.53. The fraction of sp³-hybridized carbons (Fsp3) is 0.364. The molecule has 0 spiro atoms. The molecule has 1 aliphatic heterocycles. The standard InChI is InChI=1S/C22H22ClF3N2O3/c23-20-16(4-2-6-18(20)22(24,25)26)12-19(29)27-17-5-1-3-14(11-17)13-28-9-7-15(8-10-28)21(30)31/h1-6,11,15H,7-10,12-13H2,(H,27,29)(H,30,31). The van der Waals surface area contributed by atoms with Gasteiger partial charge in [-0.05, 0) is 55.3 Å². The van der Waals surface area contributed by atoms with E-state index in [0.29, 0.717) is 38.2 Å². The van der Waals surface area contributed by atoms with E-state index >= 15 is 0 Å². The lowest BCUT2D eigenvalue weighted by Gasteiger charge is -2.30. The van der Waals surface area contributed by atoms with Crippen LogP contribution in [0.15, 0.2) is 42.5 Å². The van der Waals surface area contributed by atoms with E-state index in [1.165, 1.54) is 12.1 Å². The summed E-state index contributed by atoms with van der Waals surface area (Å²) in [6.07, 6.45) is -3.67. The predicted octanol–water partition coefficient (Wildman–Crippen LogP) is 4.84. The average Bonchev–Trinajstić information content (AvgIpc) is 2.69. The van der Waals surface area contributed by atoms with E-state index in [1.807, 2.05) is 6.07 Å². The number of hydrogen-bond donors (Lipinski definition) is 2. The van der Waals surface area contributed by atoms with Gasteiger partial charge in [0.05, 0.1) is 22.9 Å². The van der Waals surface area contributed by atoms with E-state index in [9.17, 15) is 22.8 Å². The van der Waals surface area contributed by atoms with Crippen molar-refractivity contribution in [2.75, 3.05) is 18.4 Å². The van der Waals surface area contributed by atoms with Crippen LogP contribution in [-0.2, 0) is 28.7 Å². The molecule has 0 atom stereocenters. The summed E-state index contributed by atoms with van der Waals surface area (Å²) in [5.41, 5.74) is 0.620. The number of benzene rings is 2. The Labute approximate surface area is 182 Å². The van der Waals surface area contributed by atoms with Crippen molar-refractivity contribution in [3.63, 3.8) is 0 Å². The Hall–Kier alpha value is -2.58. The molecule has 0 aromatic heterocycles. The topological polar surface area (TPSA) is 69.6 Å². The highest BCUT2D eigenvalue weighted by Gasteiger charge is 2.34. The van der Waals surface area contributed by atoms with Gasteiger partial charge in [0.2, 0.25) is 5.91 Å². The molecular weight excluding hydrogens is 433 g/mol. The highest BCUT2D eigenvalue weighted by atomic mass is 35.5. The maximum absolute atomic E-state index is 13.0. The minimum atomic E-state index is -4.59. The molecule has 31 heavy (non-hydrogen) atoms. The monoisotopic (exact) mass is 454 g/mol. The number of rotatable bonds is 6. The van der Waals surface area contributed by atoms with Crippen molar-refractivity contribution in [1.82, 2.24) is 4.90 Å². The number of anilines is 1. The van der Waals surface area contributed by atoms with Crippen LogP contribution in [-0.4, -0.2) is 35.0 Å². The van der Waals surface area contributed by atoms with Crippen LogP contribution in [0.25, 0.3) is 0 Å². The number of nitrogens with one attached hydrogen (secondary N) is 1. The number of nitrogens with zero attached hydrogens (tertiary/aromatic N) is 1. The van der Waals surface area contributed by atoms with Crippen molar-refractivity contribution < 1.29 is 27.9 Å². The summed E-state index contributed by atoms with van der Waals surface area (Å²) >= 11 is 5.86. The summed E-state index contributed by atoms with van der Waals surface area (Å²) in [6.45, 7) is 1.98. The highest BCUT2D eigenvalue weighted by molar-refractivity contribution is 6.32. The quantitative estimate of drug-likeness (QED) is 0.655. The Morgan fingerprint density at radius 2 is 1.81 bits per heavy atom. The Morgan fingerprint density at radius 3 is 2.45 bits per heavy atom. The predicted molar refractivity (Wildman–Crippen MR) is 111 cm³/mol. The van der Waals surface area contributed by atoms with Crippen LogP contribution in [0.2, 0.25) is 5.02 Å². The van der Waals surface area contributed by atoms with E-state index in [-0.39, 0.29) is 17.9 Å². The molecule has 0 radical (unpaired) electrons. The molecule has 2 N–H and O–H groups in total. The molecule has 0 unspecified atom stereocenters. The summed E-state index contributed by atoms with van der Waals surface area (Å²) in [4.78, 5) is 25.6. The Kier molecular flexibility index (Phi) is 7.23. The number of amides is 1. The zero-order valence-corrected chi connectivity index (χ0v) is 17.3. The van der Waals surface area contributed by atoms with Crippen LogP contribution in [0.5, 0.6) is 0 Å². The van der Waals surface area contributed by atoms with Gasteiger partial charge in [-0.25, -0.2) is 0 Å². The molecule has 0 bridgehead atoms. The van der Waals surface area contributed by atoms with Gasteiger partial charge in [0, 0.05) is 12.2 Å². The normalized spacial score (nSPS) is 15.6. The van der Waals surface area contributed by atoms with Gasteiger partial charge in [0.25, 0.3) is 0 Å². The average molecular weight is 455 g/mol. The van der Waals surface area contributed by atoms with Crippen LogP contribution in [0.4, 0.5) is 18.9 Å². The van der Waals surface area contributed by atoms with Crippen molar-refractivity contribution in [2.24, 2.45) is 5.92 Å². The van der Waals surface area contributed by atoms with Crippen molar-refractivity contribution in [1.29, 1.82) is 0 Å². The SMILES string of the molecule is O=C(Cc1cccc(C(F)(F)F)c1Cl)Nc1cccc(CN2CCC(C(=O)O)CC2)c1. The lowest BCUT2D eigenvalue weighted by molar-refractivity contribution is -0.143. The molecule has 1 amide bonds. The minimum absolute atomic E-state index is 0.103. The minimum Gasteiger partial charge on any atom is -0.481 e. The van der Waals surface area contributed by atoms with Gasteiger partial charge < -0.3 is 10.4 Å². The van der Waals surface area contributed by atoms with Crippen molar-refractivity contribution in [2.45, 2.75) is 32.0 Å². The lowest BCUT2D eigenvalue weighted by Crippen LogP contribution is -2.35. The molecule has 0 saturated carbocycles. The number of hydrogen-bond acceptors (Lipinski definition) is 3. The number of carbonyl (C=O) groups is 2. The Bertz CT molecular complexity index is 957. The number of likely N-dealkylation sites (tertiary alicyclic amines) is 1. The molecule has 0 aliphatic carbocycles. The molecule has 5 nitrogen and oxygen atoms in total. The summed E-state index contributed by atoms with van der Waals surface area (Å²) in [6, 6.07) is 10.7. The number of carboxylic acids is 1. The number of halogens is 4. The maximum atomic E-state index is 13.0. The smallest absolute Gasteiger partial charge is 0.417 e. The fourth-order valence-electron chi connectivity index (χ4n) is 3.66. The first-order valence-electron chi connectivity index (χ1n) is 9.82. The number of carbonyl (C=O) groups excluding carboxylic acids is 1. The molecule has 166 valence electrons. The van der Waals surface area contributed by atoms with Crippen LogP contribution in [0, 0.1) is 5.92 Å². The molecule has 1 heterocycles. The van der Waals surface area contributed by atoms with Crippen molar-refractivity contribution >= 4 is 29.2 Å². The zero-order chi connectivity index (χ0) is 22.6. The number of alkyl halides is 3. The molecule has 2 aromatic rings. The summed E-state index contributed by atoms with van der Waals surface area (Å²) in [5, 5.41) is 11.3. The third-order valence-electron chi connectivity index (χ3n) is 5.29. The maximum Gasteiger partial charge on any atom is 0.417 e. The second-order valence-electron chi connectivity index (χ2n) is 7.59. The number of carboxylic acid groups (broad SMARTS) is 1. The van der Waals surface area contributed by atoms with E-state index < -0.39 is 28.6 Å². The Morgan fingerprint density at radius 1 is 1.13 bits per heavy atom. The van der Waals surface area contributed by atoms with Gasteiger partial charge in [-0.3, -0.25) is 14.5 Å². The van der Waals surface area contributed by atoms with Gasteiger partial charge in [0.15, 0.2) is 0 Å². The van der Waals surface area contributed by atoms with Gasteiger partial charge >= 0.3 is 12.1 Å². The molecule has 9 heteroatoms. The fourth-order valence-corrected chi connectivity index (χ4v) is 3.96. The van der Waals surface area contributed by atoms with Gasteiger partial charge in [-0.1, -0.05) is 35.9 Å². The lowest BCUT2D eigenvalue weighted by atomic mass is 9.97. The van der Waals surface area contributed by atoms with E-state index in [4.69, 9.17) is 16.7 Å². The third-order valence-corrected chi connectivity index (χ3v) is 5.74. The van der Waals surface area contributed by atoms with Crippen molar-refractivity contribution in [3.05, 3.63) is 64.2 Å². The summed E-state index contributed by atoms with van der Waals surface area (Å²) in [7, 11) is 0. The third kappa shape index (κ3) is 6.21. The zero-order valence-electron chi connectivity index (χ0n) is 16.6. The molecular formula is C22H22ClF3N2O3. The first-order valence-corrected chi connectivity index (χ1v) is 10.2. The van der Waals surface area contributed by atoms with Crippen LogP contribution >= 0.6 is 11.6 Å².